The minimum absolute atomic E-state index is 0.248. The monoisotopic (exact) mass is 502 g/mol. The van der Waals surface area contributed by atoms with Crippen LogP contribution in [0.4, 0.5) is 13.2 Å². The minimum atomic E-state index is -4.58. The third kappa shape index (κ3) is 6.13. The van der Waals surface area contributed by atoms with Gasteiger partial charge in [0.25, 0.3) is 5.91 Å². The lowest BCUT2D eigenvalue weighted by molar-refractivity contribution is -0.137. The number of alkyl halides is 3. The van der Waals surface area contributed by atoms with Crippen LogP contribution in [-0.4, -0.2) is 78.7 Å². The van der Waals surface area contributed by atoms with E-state index >= 15 is 0 Å². The molecule has 1 saturated heterocycles. The van der Waals surface area contributed by atoms with E-state index in [1.807, 2.05) is 24.3 Å². The Labute approximate surface area is 207 Å². The Bertz CT molecular complexity index is 1200. The summed E-state index contributed by atoms with van der Waals surface area (Å²) in [6.07, 6.45) is -3.59. The highest BCUT2D eigenvalue weighted by Crippen LogP contribution is 2.32. The van der Waals surface area contributed by atoms with Crippen LogP contribution in [-0.2, 0) is 6.18 Å². The number of carbonyl (C=O) groups is 1. The molecule has 1 fully saturated rings. The van der Waals surface area contributed by atoms with E-state index in [0.717, 1.165) is 48.7 Å². The lowest BCUT2D eigenvalue weighted by Crippen LogP contribution is -2.49. The molecule has 0 bridgehead atoms. The van der Waals surface area contributed by atoms with Crippen molar-refractivity contribution >= 4 is 16.8 Å². The number of rotatable bonds is 8. The van der Waals surface area contributed by atoms with Gasteiger partial charge in [-0.25, -0.2) is 0 Å². The first-order valence-electron chi connectivity index (χ1n) is 11.8. The quantitative estimate of drug-likeness (QED) is 0.492. The summed E-state index contributed by atoms with van der Waals surface area (Å²) in [4.78, 5) is 21.0. The van der Waals surface area contributed by atoms with Crippen LogP contribution in [0.2, 0.25) is 0 Å². The van der Waals surface area contributed by atoms with Gasteiger partial charge in [-0.2, -0.15) is 13.2 Å². The molecule has 1 atom stereocenters. The summed E-state index contributed by atoms with van der Waals surface area (Å²) in [5, 5.41) is 14.4. The maximum atomic E-state index is 13.1. The van der Waals surface area contributed by atoms with E-state index in [1.165, 1.54) is 18.2 Å². The van der Waals surface area contributed by atoms with Gasteiger partial charge in [-0.05, 0) is 42.0 Å². The highest BCUT2D eigenvalue weighted by Gasteiger charge is 2.34. The topological polar surface area (TPSA) is 77.9 Å². The van der Waals surface area contributed by atoms with Crippen molar-refractivity contribution in [3.05, 3.63) is 71.4 Å². The lowest BCUT2D eigenvalue weighted by Gasteiger charge is -2.35. The number of pyridine rings is 1. The normalized spacial score (nSPS) is 16.1. The molecule has 1 aliphatic rings. The van der Waals surface area contributed by atoms with E-state index < -0.39 is 23.8 Å². The molecule has 3 aromatic rings. The number of benzene rings is 2. The zero-order chi connectivity index (χ0) is 25.7. The number of amides is 1. The van der Waals surface area contributed by atoms with Crippen molar-refractivity contribution in [1.82, 2.24) is 20.1 Å². The summed E-state index contributed by atoms with van der Waals surface area (Å²) in [6, 6.07) is 12.2. The summed E-state index contributed by atoms with van der Waals surface area (Å²) >= 11 is 0. The predicted octanol–water partition coefficient (Wildman–Crippen LogP) is 3.34. The van der Waals surface area contributed by atoms with Gasteiger partial charge in [-0.15, -0.1) is 0 Å². The maximum absolute atomic E-state index is 13.1. The first kappa shape index (κ1) is 25.9. The lowest BCUT2D eigenvalue weighted by atomic mass is 10.0. The molecule has 0 aliphatic carbocycles. The van der Waals surface area contributed by atoms with Crippen molar-refractivity contribution in [1.29, 1.82) is 0 Å². The highest BCUT2D eigenvalue weighted by atomic mass is 19.4. The zero-order valence-corrected chi connectivity index (χ0v) is 20.0. The fourth-order valence-corrected chi connectivity index (χ4v) is 4.45. The molecule has 192 valence electrons. The van der Waals surface area contributed by atoms with Crippen LogP contribution in [0.15, 0.2) is 54.7 Å². The van der Waals surface area contributed by atoms with E-state index in [9.17, 15) is 23.1 Å². The number of aliphatic hydroxyl groups excluding tert-OH is 1. The Kier molecular flexibility index (Phi) is 8.07. The summed E-state index contributed by atoms with van der Waals surface area (Å²) in [5.74, 6) is -0.0301. The van der Waals surface area contributed by atoms with Crippen molar-refractivity contribution in [2.45, 2.75) is 12.3 Å². The second-order valence-electron chi connectivity index (χ2n) is 8.74. The molecule has 10 heteroatoms. The van der Waals surface area contributed by atoms with Gasteiger partial charge in [0.15, 0.2) is 0 Å². The number of β-amino-alcohol motifs (C(OH)–C–C–N with tert-alkyl or cyclic N) is 1. The molecule has 1 aliphatic heterocycles. The van der Waals surface area contributed by atoms with Gasteiger partial charge in [-0.3, -0.25) is 19.6 Å². The number of piperazine rings is 1. The molecular weight excluding hydrogens is 473 g/mol. The molecule has 0 spiro atoms. The van der Waals surface area contributed by atoms with Crippen LogP contribution in [0, 0.1) is 0 Å². The summed E-state index contributed by atoms with van der Waals surface area (Å²) in [6.45, 7) is 4.17. The molecule has 36 heavy (non-hydrogen) atoms. The van der Waals surface area contributed by atoms with Crippen LogP contribution in [0.5, 0.6) is 5.75 Å². The first-order valence-corrected chi connectivity index (χ1v) is 11.8. The van der Waals surface area contributed by atoms with Crippen molar-refractivity contribution in [3.8, 4) is 5.75 Å². The molecule has 4 rings (SSSR count). The van der Waals surface area contributed by atoms with Gasteiger partial charge in [0.05, 0.1) is 29.9 Å². The number of nitrogens with one attached hydrogen (secondary N) is 1. The molecule has 2 aromatic carbocycles. The Morgan fingerprint density at radius 1 is 1.11 bits per heavy atom. The number of ether oxygens (including phenoxy) is 1. The standard InChI is InChI=1S/C26H29F3N4O3/c1-36-18-6-7-23-21(16-18)19(8-9-30-23)24(34)17-33-14-12-32(13-15-33)11-10-31-25(35)20-4-2-3-5-22(20)26(27,28)29/h2-9,16,24,34H,10-15,17H2,1H3,(H,31,35)/t24-/m0/s1. The maximum Gasteiger partial charge on any atom is 0.417 e. The Morgan fingerprint density at radius 3 is 2.56 bits per heavy atom. The second-order valence-corrected chi connectivity index (χ2v) is 8.74. The average molecular weight is 503 g/mol. The van der Waals surface area contributed by atoms with Crippen LogP contribution in [0.3, 0.4) is 0 Å². The number of aromatic nitrogens is 1. The number of fused-ring (bicyclic) bond motifs is 1. The van der Waals surface area contributed by atoms with E-state index in [0.29, 0.717) is 18.8 Å². The number of hydrogen-bond donors (Lipinski definition) is 2. The average Bonchev–Trinajstić information content (AvgIpc) is 2.88. The highest BCUT2D eigenvalue weighted by molar-refractivity contribution is 5.95. The summed E-state index contributed by atoms with van der Waals surface area (Å²) in [5.41, 5.74) is 0.278. The molecule has 2 N–H and O–H groups in total. The number of hydrogen-bond acceptors (Lipinski definition) is 6. The Hall–Kier alpha value is -3.21. The van der Waals surface area contributed by atoms with Crippen LogP contribution < -0.4 is 10.1 Å². The Balaban J connectivity index is 1.26. The van der Waals surface area contributed by atoms with Crippen molar-refractivity contribution < 1.29 is 27.8 Å². The van der Waals surface area contributed by atoms with Crippen LogP contribution in [0.1, 0.15) is 27.6 Å². The number of halogens is 3. The van der Waals surface area contributed by atoms with Crippen molar-refractivity contribution in [2.24, 2.45) is 0 Å². The van der Waals surface area contributed by atoms with E-state index in [1.54, 1.807) is 13.3 Å². The number of nitrogens with zero attached hydrogens (tertiary/aromatic N) is 3. The smallest absolute Gasteiger partial charge is 0.417 e. The van der Waals surface area contributed by atoms with Crippen molar-refractivity contribution in [3.63, 3.8) is 0 Å². The molecule has 2 heterocycles. The van der Waals surface area contributed by atoms with Gasteiger partial charge < -0.3 is 15.2 Å². The third-order valence-electron chi connectivity index (χ3n) is 6.43. The van der Waals surface area contributed by atoms with Gasteiger partial charge in [0.2, 0.25) is 0 Å². The van der Waals surface area contributed by atoms with Gasteiger partial charge >= 0.3 is 6.18 Å². The van der Waals surface area contributed by atoms with E-state index in [2.05, 4.69) is 20.1 Å². The molecule has 1 aromatic heterocycles. The largest absolute Gasteiger partial charge is 0.497 e. The number of carbonyl (C=O) groups excluding carboxylic acids is 1. The SMILES string of the molecule is COc1ccc2nccc([C@@H](O)CN3CCN(CCNC(=O)c4ccccc4C(F)(F)F)CC3)c2c1. The van der Waals surface area contributed by atoms with E-state index in [-0.39, 0.29) is 12.1 Å². The Morgan fingerprint density at radius 2 is 1.83 bits per heavy atom. The fourth-order valence-electron chi connectivity index (χ4n) is 4.45. The second kappa shape index (κ2) is 11.2. The van der Waals surface area contributed by atoms with Crippen LogP contribution >= 0.6 is 0 Å². The van der Waals surface area contributed by atoms with Gasteiger partial charge in [0, 0.05) is 57.4 Å². The molecule has 0 radical (unpaired) electrons. The molecular formula is C26H29F3N4O3. The molecule has 7 nitrogen and oxygen atoms in total. The first-order chi connectivity index (χ1) is 17.3. The fraction of sp³-hybridized carbons (Fsp3) is 0.385. The molecule has 0 saturated carbocycles. The third-order valence-corrected chi connectivity index (χ3v) is 6.43. The number of aliphatic hydroxyl groups is 1. The van der Waals surface area contributed by atoms with Gasteiger partial charge in [0.1, 0.15) is 5.75 Å². The number of methoxy groups -OCH3 is 1. The molecule has 0 unspecified atom stereocenters. The molecule has 1 amide bonds. The van der Waals surface area contributed by atoms with Crippen LogP contribution in [0.25, 0.3) is 10.9 Å². The summed E-state index contributed by atoms with van der Waals surface area (Å²) in [7, 11) is 1.60. The van der Waals surface area contributed by atoms with E-state index in [4.69, 9.17) is 4.74 Å². The zero-order valence-electron chi connectivity index (χ0n) is 20.0. The van der Waals surface area contributed by atoms with Crippen molar-refractivity contribution in [2.75, 3.05) is 52.9 Å². The summed E-state index contributed by atoms with van der Waals surface area (Å²) < 4.78 is 44.8. The predicted molar refractivity (Wildman–Crippen MR) is 130 cm³/mol. The minimum Gasteiger partial charge on any atom is -0.497 e. The van der Waals surface area contributed by atoms with Gasteiger partial charge in [-0.1, -0.05) is 12.1 Å².